The predicted octanol–water partition coefficient (Wildman–Crippen LogP) is 1.32. The molecule has 4 rings (SSSR count). The molecule has 0 radical (unpaired) electrons. The van der Waals surface area contributed by atoms with E-state index in [4.69, 9.17) is 0 Å². The number of aromatic nitrogens is 5. The number of likely N-dealkylation sites (N-methyl/N-ethyl adjacent to an activating group) is 1. The number of hydrogen-bond acceptors (Lipinski definition) is 5. The largest absolute Gasteiger partial charge is 0.347 e. The first kappa shape index (κ1) is 15.5. The fraction of sp³-hybridized carbons (Fsp3) is 0.294. The zero-order valence-corrected chi connectivity index (χ0v) is 13.9. The molecule has 25 heavy (non-hydrogen) atoms. The molecule has 2 N–H and O–H groups in total. The maximum Gasteiger partial charge on any atom is 0.276 e. The molecule has 1 atom stereocenters. The molecule has 0 bridgehead atoms. The first-order valence-electron chi connectivity index (χ1n) is 8.19. The van der Waals surface area contributed by atoms with Gasteiger partial charge >= 0.3 is 0 Å². The molecule has 1 aromatic carbocycles. The van der Waals surface area contributed by atoms with Gasteiger partial charge in [-0.3, -0.25) is 9.69 Å². The van der Waals surface area contributed by atoms with E-state index in [1.807, 2.05) is 42.3 Å². The summed E-state index contributed by atoms with van der Waals surface area (Å²) in [6.45, 7) is 1.98. The lowest BCUT2D eigenvalue weighted by Gasteiger charge is -2.38. The Balaban J connectivity index is 1.59. The van der Waals surface area contributed by atoms with Crippen LogP contribution in [0.3, 0.4) is 0 Å². The number of hydrogen-bond donors (Lipinski definition) is 2. The Morgan fingerprint density at radius 3 is 2.80 bits per heavy atom. The van der Waals surface area contributed by atoms with Crippen molar-refractivity contribution in [1.29, 1.82) is 0 Å². The standard InChI is InChI=1S/C17H19N7O/c1-23-9-10-24(11-13(23)16-18-7-8-19-16)17(25)15-14(20-22-21-15)12-5-3-2-4-6-12/h2-8,13H,9-11H2,1H3,(H,18,19)(H,20,21,22). The van der Waals surface area contributed by atoms with Gasteiger partial charge in [-0.2, -0.15) is 15.4 Å². The highest BCUT2D eigenvalue weighted by molar-refractivity contribution is 5.98. The van der Waals surface area contributed by atoms with Crippen molar-refractivity contribution in [3.63, 3.8) is 0 Å². The number of nitrogens with one attached hydrogen (secondary N) is 2. The van der Waals surface area contributed by atoms with Gasteiger partial charge in [0.2, 0.25) is 0 Å². The SMILES string of the molecule is CN1CCN(C(=O)c2n[nH]nc2-c2ccccc2)CC1c1ncc[nH]1. The Morgan fingerprint density at radius 2 is 2.04 bits per heavy atom. The predicted molar refractivity (Wildman–Crippen MR) is 91.7 cm³/mol. The van der Waals surface area contributed by atoms with Crippen LogP contribution in [-0.2, 0) is 0 Å². The second-order valence-electron chi connectivity index (χ2n) is 6.11. The van der Waals surface area contributed by atoms with Crippen LogP contribution < -0.4 is 0 Å². The molecule has 3 aromatic rings. The quantitative estimate of drug-likeness (QED) is 0.752. The molecule has 3 heterocycles. The van der Waals surface area contributed by atoms with Crippen LogP contribution >= 0.6 is 0 Å². The Hall–Kier alpha value is -3.00. The molecule has 1 saturated heterocycles. The molecule has 128 valence electrons. The van der Waals surface area contributed by atoms with Crippen molar-refractivity contribution in [2.45, 2.75) is 6.04 Å². The van der Waals surface area contributed by atoms with Gasteiger partial charge in [0.25, 0.3) is 5.91 Å². The van der Waals surface area contributed by atoms with Gasteiger partial charge in [0.05, 0.1) is 6.04 Å². The Labute approximate surface area is 144 Å². The molecule has 0 saturated carbocycles. The van der Waals surface area contributed by atoms with Crippen LogP contribution in [0.15, 0.2) is 42.7 Å². The summed E-state index contributed by atoms with van der Waals surface area (Å²) in [5.74, 6) is 0.751. The van der Waals surface area contributed by atoms with Crippen molar-refractivity contribution in [3.05, 3.63) is 54.2 Å². The van der Waals surface area contributed by atoms with E-state index in [9.17, 15) is 4.79 Å². The number of H-pyrrole nitrogens is 2. The summed E-state index contributed by atoms with van der Waals surface area (Å²) >= 11 is 0. The average molecular weight is 337 g/mol. The summed E-state index contributed by atoms with van der Waals surface area (Å²) in [5.41, 5.74) is 1.81. The molecule has 8 heteroatoms. The molecule has 0 aliphatic carbocycles. The van der Waals surface area contributed by atoms with Crippen LogP contribution in [0.2, 0.25) is 0 Å². The molecule has 2 aromatic heterocycles. The summed E-state index contributed by atoms with van der Waals surface area (Å²) in [6.07, 6.45) is 3.53. The first-order valence-corrected chi connectivity index (χ1v) is 8.19. The molecule has 1 amide bonds. The monoisotopic (exact) mass is 337 g/mol. The van der Waals surface area contributed by atoms with Crippen LogP contribution in [0.5, 0.6) is 0 Å². The highest BCUT2D eigenvalue weighted by Gasteiger charge is 2.32. The molecule has 1 aliphatic rings. The number of amides is 1. The van der Waals surface area contributed by atoms with Gasteiger partial charge in [-0.15, -0.1) is 0 Å². The van der Waals surface area contributed by atoms with Gasteiger partial charge in [-0.05, 0) is 7.05 Å². The minimum Gasteiger partial charge on any atom is -0.347 e. The second kappa shape index (κ2) is 6.48. The maximum atomic E-state index is 13.0. The molecule has 1 aliphatic heterocycles. The first-order chi connectivity index (χ1) is 12.2. The van der Waals surface area contributed by atoms with Gasteiger partial charge in [0.15, 0.2) is 5.69 Å². The van der Waals surface area contributed by atoms with E-state index in [0.29, 0.717) is 24.5 Å². The van der Waals surface area contributed by atoms with Crippen LogP contribution in [-0.4, -0.2) is 67.8 Å². The number of carbonyl (C=O) groups excluding carboxylic acids is 1. The molecule has 0 spiro atoms. The molecule has 8 nitrogen and oxygen atoms in total. The third-order valence-electron chi connectivity index (χ3n) is 4.57. The van der Waals surface area contributed by atoms with Gasteiger partial charge in [-0.25, -0.2) is 4.98 Å². The van der Waals surface area contributed by atoms with E-state index in [2.05, 4.69) is 30.3 Å². The fourth-order valence-electron chi connectivity index (χ4n) is 3.14. The number of aromatic amines is 2. The highest BCUT2D eigenvalue weighted by atomic mass is 16.2. The van der Waals surface area contributed by atoms with Crippen molar-refractivity contribution >= 4 is 5.91 Å². The number of imidazole rings is 1. The zero-order valence-electron chi connectivity index (χ0n) is 13.9. The highest BCUT2D eigenvalue weighted by Crippen LogP contribution is 2.25. The average Bonchev–Trinajstić information content (AvgIpc) is 3.34. The Bertz CT molecular complexity index is 843. The third kappa shape index (κ3) is 2.91. The van der Waals surface area contributed by atoms with Crippen molar-refractivity contribution in [1.82, 2.24) is 35.2 Å². The van der Waals surface area contributed by atoms with E-state index in [0.717, 1.165) is 17.9 Å². The lowest BCUT2D eigenvalue weighted by atomic mass is 10.1. The summed E-state index contributed by atoms with van der Waals surface area (Å²) in [6, 6.07) is 9.65. The molecular formula is C17H19N7O. The van der Waals surface area contributed by atoms with E-state index >= 15 is 0 Å². The van der Waals surface area contributed by atoms with Gasteiger partial charge in [0, 0.05) is 37.6 Å². The van der Waals surface area contributed by atoms with Crippen LogP contribution in [0.4, 0.5) is 0 Å². The number of nitrogens with zero attached hydrogens (tertiary/aromatic N) is 5. The van der Waals surface area contributed by atoms with Crippen molar-refractivity contribution in [3.8, 4) is 11.3 Å². The van der Waals surface area contributed by atoms with Gasteiger partial charge in [0.1, 0.15) is 11.5 Å². The summed E-state index contributed by atoms with van der Waals surface area (Å²) in [7, 11) is 2.04. The maximum absolute atomic E-state index is 13.0. The van der Waals surface area contributed by atoms with Crippen molar-refractivity contribution in [2.75, 3.05) is 26.7 Å². The molecule has 1 unspecified atom stereocenters. The van der Waals surface area contributed by atoms with E-state index in [1.54, 1.807) is 12.4 Å². The summed E-state index contributed by atoms with van der Waals surface area (Å²) in [5, 5.41) is 10.9. The smallest absolute Gasteiger partial charge is 0.276 e. The number of rotatable bonds is 3. The van der Waals surface area contributed by atoms with E-state index in [1.165, 1.54) is 0 Å². The van der Waals surface area contributed by atoms with Crippen LogP contribution in [0.25, 0.3) is 11.3 Å². The second-order valence-corrected chi connectivity index (χ2v) is 6.11. The molecule has 1 fully saturated rings. The number of piperazine rings is 1. The van der Waals surface area contributed by atoms with E-state index in [-0.39, 0.29) is 11.9 Å². The normalized spacial score (nSPS) is 18.4. The lowest BCUT2D eigenvalue weighted by Crippen LogP contribution is -2.49. The third-order valence-corrected chi connectivity index (χ3v) is 4.57. The van der Waals surface area contributed by atoms with Crippen molar-refractivity contribution in [2.24, 2.45) is 0 Å². The molecular weight excluding hydrogens is 318 g/mol. The van der Waals surface area contributed by atoms with E-state index < -0.39 is 0 Å². The Kier molecular flexibility index (Phi) is 4.02. The Morgan fingerprint density at radius 1 is 1.20 bits per heavy atom. The topological polar surface area (TPSA) is 93.8 Å². The fourth-order valence-corrected chi connectivity index (χ4v) is 3.14. The number of benzene rings is 1. The van der Waals surface area contributed by atoms with Gasteiger partial charge < -0.3 is 9.88 Å². The lowest BCUT2D eigenvalue weighted by molar-refractivity contribution is 0.0529. The van der Waals surface area contributed by atoms with Crippen LogP contribution in [0, 0.1) is 0 Å². The summed E-state index contributed by atoms with van der Waals surface area (Å²) in [4.78, 5) is 24.5. The minimum absolute atomic E-state index is 0.0415. The van der Waals surface area contributed by atoms with Crippen LogP contribution in [0.1, 0.15) is 22.4 Å². The number of carbonyl (C=O) groups is 1. The zero-order chi connectivity index (χ0) is 17.2. The minimum atomic E-state index is -0.114. The van der Waals surface area contributed by atoms with Gasteiger partial charge in [-0.1, -0.05) is 30.3 Å². The van der Waals surface area contributed by atoms with Crippen molar-refractivity contribution < 1.29 is 4.79 Å². The summed E-state index contributed by atoms with van der Waals surface area (Å²) < 4.78 is 0.